The van der Waals surface area contributed by atoms with Gasteiger partial charge >= 0.3 is 0 Å². The molecule has 0 saturated heterocycles. The summed E-state index contributed by atoms with van der Waals surface area (Å²) in [5, 5.41) is 14.6. The first-order chi connectivity index (χ1) is 13.3. The summed E-state index contributed by atoms with van der Waals surface area (Å²) < 4.78 is 38.2. The summed E-state index contributed by atoms with van der Waals surface area (Å²) in [4.78, 5) is 11.4. The molecule has 2 heterocycles. The molecule has 0 radical (unpaired) electrons. The first-order valence-corrected chi connectivity index (χ1v) is 10.5. The summed E-state index contributed by atoms with van der Waals surface area (Å²) in [7, 11) is -2.72. The molecule has 0 bridgehead atoms. The van der Waals surface area contributed by atoms with Crippen LogP contribution in [0.15, 0.2) is 62.7 Å². The van der Waals surface area contributed by atoms with Crippen LogP contribution in [0.1, 0.15) is 21.7 Å². The number of hydrogen-bond acceptors (Lipinski definition) is 7. The van der Waals surface area contributed by atoms with Gasteiger partial charge in [-0.05, 0) is 47.2 Å². The topological polar surface area (TPSA) is 132 Å². The number of amides is 1. The molecule has 148 valence electrons. The fourth-order valence-electron chi connectivity index (χ4n) is 2.67. The van der Waals surface area contributed by atoms with Crippen LogP contribution in [0.4, 0.5) is 0 Å². The summed E-state index contributed by atoms with van der Waals surface area (Å²) in [5.74, 6) is -0.461. The predicted octanol–water partition coefficient (Wildman–Crippen LogP) is 1.66. The number of ether oxygens (including phenoxy) is 1. The Morgan fingerprint density at radius 1 is 1.36 bits per heavy atom. The lowest BCUT2D eigenvalue weighted by molar-refractivity contribution is 0.0623. The molecular weight excluding hydrogens is 404 g/mol. The number of hydrogen-bond donors (Lipinski definition) is 3. The molecule has 8 nitrogen and oxygen atoms in total. The fraction of sp³-hybridized carbons (Fsp3) is 0.167. The van der Waals surface area contributed by atoms with Crippen molar-refractivity contribution in [2.75, 3.05) is 13.7 Å². The molecule has 0 fully saturated rings. The number of nitrogens with two attached hydrogens (primary N) is 1. The lowest BCUT2D eigenvalue weighted by atomic mass is 9.94. The molecule has 10 heteroatoms. The SMILES string of the molecule is COc1ccc(S(=O)(=O)NCC(O)(c2ccsc2)c2ccco2)cc1C(N)=O. The number of methoxy groups -OCH3 is 1. The molecule has 1 aromatic carbocycles. The van der Waals surface area contributed by atoms with Crippen LogP contribution in [0.2, 0.25) is 0 Å². The molecule has 3 rings (SSSR count). The van der Waals surface area contributed by atoms with E-state index < -0.39 is 21.5 Å². The number of carbonyl (C=O) groups excluding carboxylic acids is 1. The van der Waals surface area contributed by atoms with Gasteiger partial charge in [0.25, 0.3) is 5.91 Å². The highest BCUT2D eigenvalue weighted by molar-refractivity contribution is 7.89. The van der Waals surface area contributed by atoms with E-state index in [1.807, 2.05) is 0 Å². The average molecular weight is 422 g/mol. The smallest absolute Gasteiger partial charge is 0.252 e. The van der Waals surface area contributed by atoms with Gasteiger partial charge in [-0.15, -0.1) is 0 Å². The van der Waals surface area contributed by atoms with Crippen molar-refractivity contribution in [3.8, 4) is 5.75 Å². The minimum atomic E-state index is -4.07. The highest BCUT2D eigenvalue weighted by atomic mass is 32.2. The largest absolute Gasteiger partial charge is 0.496 e. The van der Waals surface area contributed by atoms with E-state index in [0.29, 0.717) is 5.56 Å². The zero-order chi connectivity index (χ0) is 20.4. The van der Waals surface area contributed by atoms with E-state index in [1.54, 1.807) is 29.0 Å². The Labute approximate surface area is 165 Å². The zero-order valence-electron chi connectivity index (χ0n) is 14.8. The number of rotatable bonds is 8. The molecule has 1 amide bonds. The van der Waals surface area contributed by atoms with Crippen LogP contribution in [-0.4, -0.2) is 33.1 Å². The van der Waals surface area contributed by atoms with Crippen molar-refractivity contribution < 1.29 is 27.5 Å². The van der Waals surface area contributed by atoms with Gasteiger partial charge in [0, 0.05) is 5.56 Å². The Bertz CT molecular complexity index is 1030. The number of carbonyl (C=O) groups is 1. The molecule has 0 saturated carbocycles. The van der Waals surface area contributed by atoms with Gasteiger partial charge in [0.15, 0.2) is 5.60 Å². The lowest BCUT2D eigenvalue weighted by Gasteiger charge is -2.25. The van der Waals surface area contributed by atoms with Gasteiger partial charge in [-0.3, -0.25) is 4.79 Å². The van der Waals surface area contributed by atoms with Crippen LogP contribution in [-0.2, 0) is 15.6 Å². The van der Waals surface area contributed by atoms with Gasteiger partial charge in [0.05, 0.1) is 30.4 Å². The summed E-state index contributed by atoms with van der Waals surface area (Å²) in [6, 6.07) is 8.59. The number of nitrogens with one attached hydrogen (secondary N) is 1. The summed E-state index contributed by atoms with van der Waals surface area (Å²) in [6.07, 6.45) is 1.39. The second-order valence-corrected chi connectivity index (χ2v) is 8.45. The first-order valence-electron chi connectivity index (χ1n) is 8.04. The molecule has 0 aliphatic carbocycles. The monoisotopic (exact) mass is 422 g/mol. The van der Waals surface area contributed by atoms with E-state index in [-0.39, 0.29) is 28.5 Å². The third-order valence-corrected chi connectivity index (χ3v) is 6.27. The van der Waals surface area contributed by atoms with E-state index in [4.69, 9.17) is 14.9 Å². The fourth-order valence-corrected chi connectivity index (χ4v) is 4.48. The third kappa shape index (κ3) is 3.80. The molecule has 0 spiro atoms. The molecule has 1 atom stereocenters. The van der Waals surface area contributed by atoms with E-state index in [2.05, 4.69) is 4.72 Å². The quantitative estimate of drug-likeness (QED) is 0.506. The summed E-state index contributed by atoms with van der Waals surface area (Å²) in [5.41, 5.74) is 4.01. The molecule has 3 aromatic rings. The molecule has 0 aliphatic heterocycles. The molecule has 28 heavy (non-hydrogen) atoms. The second-order valence-electron chi connectivity index (χ2n) is 5.90. The van der Waals surface area contributed by atoms with Gasteiger partial charge in [-0.25, -0.2) is 13.1 Å². The average Bonchev–Trinajstić information content (AvgIpc) is 3.39. The van der Waals surface area contributed by atoms with Crippen molar-refractivity contribution >= 4 is 27.3 Å². The van der Waals surface area contributed by atoms with Crippen LogP contribution in [0, 0.1) is 0 Å². The standard InChI is InChI=1S/C18H18N2O6S2/c1-25-15-5-4-13(9-14(15)17(19)21)28(23,24)20-11-18(22,12-6-8-27-10-12)16-3-2-7-26-16/h2-10,20,22H,11H2,1H3,(H2,19,21). The lowest BCUT2D eigenvalue weighted by Crippen LogP contribution is -2.41. The van der Waals surface area contributed by atoms with Gasteiger partial charge in [0.2, 0.25) is 10.0 Å². The summed E-state index contributed by atoms with van der Waals surface area (Å²) >= 11 is 1.36. The van der Waals surface area contributed by atoms with Gasteiger partial charge < -0.3 is 20.0 Å². The van der Waals surface area contributed by atoms with Crippen molar-refractivity contribution in [3.63, 3.8) is 0 Å². The highest BCUT2D eigenvalue weighted by Gasteiger charge is 2.36. The number of aliphatic hydroxyl groups is 1. The Balaban J connectivity index is 1.92. The number of sulfonamides is 1. The van der Waals surface area contributed by atoms with Crippen LogP contribution >= 0.6 is 11.3 Å². The van der Waals surface area contributed by atoms with Crippen LogP contribution in [0.3, 0.4) is 0 Å². The van der Waals surface area contributed by atoms with Crippen molar-refractivity contribution in [2.24, 2.45) is 5.73 Å². The van der Waals surface area contributed by atoms with Crippen molar-refractivity contribution in [2.45, 2.75) is 10.5 Å². The molecule has 4 N–H and O–H groups in total. The number of benzene rings is 1. The van der Waals surface area contributed by atoms with Gasteiger partial charge in [-0.2, -0.15) is 11.3 Å². The first kappa shape index (κ1) is 20.1. The Morgan fingerprint density at radius 2 is 2.14 bits per heavy atom. The molecule has 2 aromatic heterocycles. The van der Waals surface area contributed by atoms with Crippen LogP contribution < -0.4 is 15.2 Å². The Kier molecular flexibility index (Phi) is 5.57. The van der Waals surface area contributed by atoms with E-state index in [9.17, 15) is 18.3 Å². The minimum absolute atomic E-state index is 0.0653. The Hall–Kier alpha value is -2.66. The van der Waals surface area contributed by atoms with Gasteiger partial charge in [-0.1, -0.05) is 0 Å². The minimum Gasteiger partial charge on any atom is -0.496 e. The maximum absolute atomic E-state index is 12.7. The van der Waals surface area contributed by atoms with Crippen molar-refractivity contribution in [1.29, 1.82) is 0 Å². The summed E-state index contributed by atoms with van der Waals surface area (Å²) in [6.45, 7) is -0.377. The van der Waals surface area contributed by atoms with Crippen LogP contribution in [0.5, 0.6) is 5.75 Å². The Morgan fingerprint density at radius 3 is 2.71 bits per heavy atom. The van der Waals surface area contributed by atoms with Crippen LogP contribution in [0.25, 0.3) is 0 Å². The van der Waals surface area contributed by atoms with E-state index in [1.165, 1.54) is 36.8 Å². The third-order valence-electron chi connectivity index (χ3n) is 4.19. The number of primary amides is 1. The molecular formula is C18H18N2O6S2. The highest BCUT2D eigenvalue weighted by Crippen LogP contribution is 2.31. The molecule has 0 aliphatic rings. The second kappa shape index (κ2) is 7.76. The predicted molar refractivity (Wildman–Crippen MR) is 103 cm³/mol. The van der Waals surface area contributed by atoms with Crippen molar-refractivity contribution in [3.05, 3.63) is 70.3 Å². The van der Waals surface area contributed by atoms with Crippen molar-refractivity contribution in [1.82, 2.24) is 4.72 Å². The number of thiophene rings is 1. The zero-order valence-corrected chi connectivity index (χ0v) is 16.4. The normalized spacial score (nSPS) is 13.8. The van der Waals surface area contributed by atoms with Gasteiger partial charge in [0.1, 0.15) is 11.5 Å². The van der Waals surface area contributed by atoms with E-state index in [0.717, 1.165) is 6.07 Å². The van der Waals surface area contributed by atoms with E-state index >= 15 is 0 Å². The number of furan rings is 1. The maximum Gasteiger partial charge on any atom is 0.252 e. The molecule has 1 unspecified atom stereocenters. The maximum atomic E-state index is 12.7.